The molecule has 1 aromatic rings. The van der Waals surface area contributed by atoms with Gasteiger partial charge in [0.15, 0.2) is 0 Å². The van der Waals surface area contributed by atoms with Gasteiger partial charge in [0.05, 0.1) is 17.9 Å². The molecule has 2 fully saturated rings. The third kappa shape index (κ3) is 4.09. The molecule has 1 aromatic carbocycles. The van der Waals surface area contributed by atoms with Gasteiger partial charge in [-0.05, 0) is 73.8 Å². The van der Waals surface area contributed by atoms with Gasteiger partial charge in [0, 0.05) is 31.1 Å². The Balaban J connectivity index is 1.36. The van der Waals surface area contributed by atoms with Crippen LogP contribution in [-0.2, 0) is 9.53 Å². The number of nitrogens with one attached hydrogen (secondary N) is 1. The molecule has 0 saturated heterocycles. The SMILES string of the molecule is C=CCNc1ccccc1N(C)C1=CCC2C3CC=C4C[C@@H](OC(=O)CN)CC[C@]4(C)C3CC[C@]12C. The van der Waals surface area contributed by atoms with Crippen LogP contribution in [-0.4, -0.2) is 32.2 Å². The summed E-state index contributed by atoms with van der Waals surface area (Å²) in [6.07, 6.45) is 14.7. The topological polar surface area (TPSA) is 67.6 Å². The molecule has 194 valence electrons. The number of ether oxygens (including phenoxy) is 1. The molecule has 3 N–H and O–H groups in total. The molecule has 36 heavy (non-hydrogen) atoms. The molecular weight excluding hydrogens is 446 g/mol. The highest BCUT2D eigenvalue weighted by Crippen LogP contribution is 2.65. The summed E-state index contributed by atoms with van der Waals surface area (Å²) in [6.45, 7) is 9.61. The van der Waals surface area contributed by atoms with Gasteiger partial charge in [0.2, 0.25) is 0 Å². The minimum Gasteiger partial charge on any atom is -0.461 e. The van der Waals surface area contributed by atoms with Gasteiger partial charge in [-0.1, -0.05) is 49.8 Å². The molecule has 0 heterocycles. The van der Waals surface area contributed by atoms with E-state index < -0.39 is 0 Å². The van der Waals surface area contributed by atoms with Gasteiger partial charge in [-0.2, -0.15) is 0 Å². The van der Waals surface area contributed by atoms with Gasteiger partial charge in [0.1, 0.15) is 6.10 Å². The number of hydrogen-bond donors (Lipinski definition) is 2. The Hall–Kier alpha value is -2.53. The number of nitrogens with two attached hydrogens (primary N) is 1. The summed E-state index contributed by atoms with van der Waals surface area (Å²) in [4.78, 5) is 14.2. The van der Waals surface area contributed by atoms with Crippen molar-refractivity contribution in [1.82, 2.24) is 0 Å². The van der Waals surface area contributed by atoms with E-state index in [4.69, 9.17) is 10.5 Å². The minimum atomic E-state index is -0.277. The van der Waals surface area contributed by atoms with Crippen molar-refractivity contribution in [2.45, 2.75) is 64.9 Å². The molecule has 0 bridgehead atoms. The van der Waals surface area contributed by atoms with Gasteiger partial charge in [-0.15, -0.1) is 6.58 Å². The highest BCUT2D eigenvalue weighted by atomic mass is 16.5. The lowest BCUT2D eigenvalue weighted by Crippen LogP contribution is -2.51. The Morgan fingerprint density at radius 3 is 2.72 bits per heavy atom. The Morgan fingerprint density at radius 2 is 1.94 bits per heavy atom. The van der Waals surface area contributed by atoms with Crippen LogP contribution in [0.1, 0.15) is 58.8 Å². The third-order valence-corrected chi connectivity index (χ3v) is 10.1. The molecule has 2 saturated carbocycles. The van der Waals surface area contributed by atoms with Crippen molar-refractivity contribution in [2.24, 2.45) is 34.3 Å². The van der Waals surface area contributed by atoms with E-state index in [0.29, 0.717) is 17.8 Å². The number of esters is 1. The Morgan fingerprint density at radius 1 is 1.17 bits per heavy atom. The van der Waals surface area contributed by atoms with E-state index in [1.807, 2.05) is 6.08 Å². The van der Waals surface area contributed by atoms with Crippen LogP contribution < -0.4 is 16.0 Å². The Labute approximate surface area is 216 Å². The fourth-order valence-electron chi connectivity index (χ4n) is 8.25. The fraction of sp³-hybridized carbons (Fsp3) is 0.581. The maximum absolute atomic E-state index is 11.8. The number of carbonyl (C=O) groups excluding carboxylic acids is 1. The molecule has 4 aliphatic rings. The standard InChI is InChI=1S/C31H43N3O2/c1-5-18-33-26-8-6-7-9-27(26)34(4)28-13-12-24-23-11-10-21-19-22(36-29(35)20-32)14-16-30(21,2)25(23)15-17-31(24,28)3/h5-10,13,22-25,33H,1,11-12,14-20,32H2,2-4H3/t22-,23?,24?,25?,30-,31-/m0/s1. The number of para-hydroxylation sites is 2. The van der Waals surface area contributed by atoms with Crippen LogP contribution in [0.3, 0.4) is 0 Å². The van der Waals surface area contributed by atoms with E-state index in [0.717, 1.165) is 44.3 Å². The van der Waals surface area contributed by atoms with Crippen molar-refractivity contribution in [3.63, 3.8) is 0 Å². The highest BCUT2D eigenvalue weighted by Gasteiger charge is 2.57. The smallest absolute Gasteiger partial charge is 0.319 e. The summed E-state index contributed by atoms with van der Waals surface area (Å²) in [5.74, 6) is 1.81. The van der Waals surface area contributed by atoms with Crippen molar-refractivity contribution < 1.29 is 9.53 Å². The van der Waals surface area contributed by atoms with Gasteiger partial charge in [-0.3, -0.25) is 4.79 Å². The van der Waals surface area contributed by atoms with Gasteiger partial charge < -0.3 is 20.7 Å². The van der Waals surface area contributed by atoms with Crippen LogP contribution in [0.5, 0.6) is 0 Å². The van der Waals surface area contributed by atoms with Crippen molar-refractivity contribution in [3.8, 4) is 0 Å². The monoisotopic (exact) mass is 489 g/mol. The van der Waals surface area contributed by atoms with Crippen molar-refractivity contribution in [2.75, 3.05) is 30.4 Å². The number of allylic oxidation sites excluding steroid dienone is 3. The van der Waals surface area contributed by atoms with Crippen LogP contribution >= 0.6 is 0 Å². The lowest BCUT2D eigenvalue weighted by molar-refractivity contribution is -0.149. The lowest BCUT2D eigenvalue weighted by atomic mass is 9.47. The van der Waals surface area contributed by atoms with Gasteiger partial charge in [-0.25, -0.2) is 0 Å². The third-order valence-electron chi connectivity index (χ3n) is 10.1. The first-order chi connectivity index (χ1) is 17.3. The molecule has 0 amide bonds. The van der Waals surface area contributed by atoms with E-state index in [2.05, 4.69) is 74.1 Å². The summed E-state index contributed by atoms with van der Waals surface area (Å²) < 4.78 is 5.64. The second-order valence-corrected chi connectivity index (χ2v) is 11.8. The number of hydrogen-bond acceptors (Lipinski definition) is 5. The Bertz CT molecular complexity index is 1080. The van der Waals surface area contributed by atoms with E-state index in [1.165, 1.54) is 29.8 Å². The molecule has 0 aliphatic heterocycles. The van der Waals surface area contributed by atoms with Gasteiger partial charge >= 0.3 is 5.97 Å². The number of nitrogens with zero attached hydrogens (tertiary/aromatic N) is 1. The lowest BCUT2D eigenvalue weighted by Gasteiger charge is -2.58. The Kier molecular flexibility index (Phi) is 6.80. The van der Waals surface area contributed by atoms with Crippen LogP contribution in [0.2, 0.25) is 0 Å². The molecule has 0 radical (unpaired) electrons. The predicted octanol–water partition coefficient (Wildman–Crippen LogP) is 6.05. The number of rotatable bonds is 7. The molecule has 4 aliphatic carbocycles. The zero-order chi connectivity index (χ0) is 25.5. The number of fused-ring (bicyclic) bond motifs is 5. The predicted molar refractivity (Wildman–Crippen MR) is 148 cm³/mol. The normalized spacial score (nSPS) is 34.9. The van der Waals surface area contributed by atoms with E-state index in [1.54, 1.807) is 0 Å². The molecule has 3 unspecified atom stereocenters. The molecule has 0 aromatic heterocycles. The number of anilines is 2. The molecule has 5 heteroatoms. The summed E-state index contributed by atoms with van der Waals surface area (Å²) in [5.41, 5.74) is 11.3. The first kappa shape index (κ1) is 25.1. The highest BCUT2D eigenvalue weighted by molar-refractivity contribution is 5.73. The molecule has 5 nitrogen and oxygen atoms in total. The average molecular weight is 490 g/mol. The molecular formula is C31H43N3O2. The van der Waals surface area contributed by atoms with Crippen molar-refractivity contribution in [3.05, 3.63) is 60.3 Å². The van der Waals surface area contributed by atoms with Crippen LogP contribution in [0.4, 0.5) is 11.4 Å². The molecule has 5 rings (SSSR count). The maximum atomic E-state index is 11.8. The van der Waals surface area contributed by atoms with E-state index >= 15 is 0 Å². The first-order valence-electron chi connectivity index (χ1n) is 13.8. The van der Waals surface area contributed by atoms with Crippen LogP contribution in [0.25, 0.3) is 0 Å². The second-order valence-electron chi connectivity index (χ2n) is 11.8. The molecule has 6 atom stereocenters. The zero-order valence-electron chi connectivity index (χ0n) is 22.3. The van der Waals surface area contributed by atoms with E-state index in [-0.39, 0.29) is 29.4 Å². The van der Waals surface area contributed by atoms with Crippen molar-refractivity contribution in [1.29, 1.82) is 0 Å². The van der Waals surface area contributed by atoms with Crippen LogP contribution in [0, 0.1) is 28.6 Å². The largest absolute Gasteiger partial charge is 0.461 e. The van der Waals surface area contributed by atoms with E-state index in [9.17, 15) is 4.79 Å². The summed E-state index contributed by atoms with van der Waals surface area (Å²) in [5, 5.41) is 3.52. The number of benzene rings is 1. The summed E-state index contributed by atoms with van der Waals surface area (Å²) in [6, 6.07) is 8.62. The van der Waals surface area contributed by atoms with Crippen LogP contribution in [0.15, 0.2) is 60.3 Å². The fourth-order valence-corrected chi connectivity index (χ4v) is 8.25. The molecule has 0 spiro atoms. The minimum absolute atomic E-state index is 0.00560. The first-order valence-corrected chi connectivity index (χ1v) is 13.8. The quantitative estimate of drug-likeness (QED) is 0.361. The summed E-state index contributed by atoms with van der Waals surface area (Å²) in [7, 11) is 2.24. The van der Waals surface area contributed by atoms with Gasteiger partial charge in [0.25, 0.3) is 0 Å². The average Bonchev–Trinajstić information content (AvgIpc) is 3.24. The number of carbonyl (C=O) groups is 1. The summed E-state index contributed by atoms with van der Waals surface area (Å²) >= 11 is 0. The maximum Gasteiger partial charge on any atom is 0.319 e. The van der Waals surface area contributed by atoms with Crippen molar-refractivity contribution >= 4 is 17.3 Å². The zero-order valence-corrected chi connectivity index (χ0v) is 22.3. The second kappa shape index (κ2) is 9.74.